The number of hydrogen-bond donors (Lipinski definition) is 2. The minimum Gasteiger partial charge on any atom is -0.349 e. The molecule has 0 aliphatic heterocycles. The van der Waals surface area contributed by atoms with Crippen LogP contribution in [0, 0.1) is 0 Å². The van der Waals surface area contributed by atoms with E-state index in [4.69, 9.17) is 0 Å². The summed E-state index contributed by atoms with van der Waals surface area (Å²) in [7, 11) is 0. The van der Waals surface area contributed by atoms with Crippen LogP contribution < -0.4 is 10.6 Å². The van der Waals surface area contributed by atoms with Gasteiger partial charge in [-0.15, -0.1) is 0 Å². The molecule has 19 heavy (non-hydrogen) atoms. The molecule has 0 atom stereocenters. The van der Waals surface area contributed by atoms with Gasteiger partial charge in [0.15, 0.2) is 0 Å². The quantitative estimate of drug-likeness (QED) is 0.877. The molecule has 0 spiro atoms. The second-order valence-electron chi connectivity index (χ2n) is 4.54. The van der Waals surface area contributed by atoms with E-state index in [0.717, 1.165) is 18.5 Å². The SMILES string of the molecule is O=C(NC1CC1)c1cccc(Nc2cnccn2)c1. The van der Waals surface area contributed by atoms with Gasteiger partial charge >= 0.3 is 0 Å². The number of nitrogens with zero attached hydrogens (tertiary/aromatic N) is 2. The number of carbonyl (C=O) groups is 1. The van der Waals surface area contributed by atoms with Gasteiger partial charge in [-0.3, -0.25) is 9.78 Å². The van der Waals surface area contributed by atoms with Gasteiger partial charge in [0.25, 0.3) is 5.91 Å². The summed E-state index contributed by atoms with van der Waals surface area (Å²) in [5.41, 5.74) is 1.48. The highest BCUT2D eigenvalue weighted by Gasteiger charge is 2.23. The Kier molecular flexibility index (Phi) is 3.10. The Morgan fingerprint density at radius 2 is 2.16 bits per heavy atom. The summed E-state index contributed by atoms with van der Waals surface area (Å²) in [5, 5.41) is 6.08. The zero-order valence-electron chi connectivity index (χ0n) is 10.3. The third-order valence-electron chi connectivity index (χ3n) is 2.87. The van der Waals surface area contributed by atoms with Crippen molar-refractivity contribution in [3.05, 3.63) is 48.4 Å². The van der Waals surface area contributed by atoms with Crippen LogP contribution in [0.3, 0.4) is 0 Å². The second kappa shape index (κ2) is 5.06. The first-order chi connectivity index (χ1) is 9.31. The molecular formula is C14H14N4O. The molecule has 1 fully saturated rings. The largest absolute Gasteiger partial charge is 0.349 e. The predicted molar refractivity (Wildman–Crippen MR) is 72.2 cm³/mol. The van der Waals surface area contributed by atoms with Crippen molar-refractivity contribution in [1.29, 1.82) is 0 Å². The van der Waals surface area contributed by atoms with Crippen molar-refractivity contribution in [3.63, 3.8) is 0 Å². The van der Waals surface area contributed by atoms with Crippen molar-refractivity contribution in [1.82, 2.24) is 15.3 Å². The first kappa shape index (κ1) is 11.6. The Hall–Kier alpha value is -2.43. The molecule has 1 aromatic carbocycles. The zero-order chi connectivity index (χ0) is 13.1. The molecule has 2 aromatic rings. The molecule has 0 saturated heterocycles. The Morgan fingerprint density at radius 3 is 2.89 bits per heavy atom. The lowest BCUT2D eigenvalue weighted by atomic mass is 10.2. The third kappa shape index (κ3) is 3.07. The molecule has 1 aliphatic carbocycles. The van der Waals surface area contributed by atoms with E-state index in [1.807, 2.05) is 18.2 Å². The van der Waals surface area contributed by atoms with Gasteiger partial charge in [0.1, 0.15) is 5.82 Å². The topological polar surface area (TPSA) is 66.9 Å². The first-order valence-electron chi connectivity index (χ1n) is 6.25. The summed E-state index contributed by atoms with van der Waals surface area (Å²) in [6, 6.07) is 7.72. The van der Waals surface area contributed by atoms with Crippen LogP contribution in [0.4, 0.5) is 11.5 Å². The molecule has 1 aromatic heterocycles. The molecule has 0 unspecified atom stereocenters. The highest BCUT2D eigenvalue weighted by atomic mass is 16.1. The fourth-order valence-electron chi connectivity index (χ4n) is 1.75. The van der Waals surface area contributed by atoms with Gasteiger partial charge in [-0.1, -0.05) is 6.07 Å². The van der Waals surface area contributed by atoms with E-state index in [9.17, 15) is 4.79 Å². The summed E-state index contributed by atoms with van der Waals surface area (Å²) in [6.45, 7) is 0. The Bertz CT molecular complexity index is 581. The average Bonchev–Trinajstić information content (AvgIpc) is 3.24. The normalized spacial score (nSPS) is 13.9. The number of rotatable bonds is 4. The molecule has 0 bridgehead atoms. The highest BCUT2D eigenvalue weighted by molar-refractivity contribution is 5.95. The molecule has 1 aliphatic rings. The van der Waals surface area contributed by atoms with Crippen LogP contribution in [0.25, 0.3) is 0 Å². The summed E-state index contributed by atoms with van der Waals surface area (Å²) < 4.78 is 0. The smallest absolute Gasteiger partial charge is 0.251 e. The van der Waals surface area contributed by atoms with Crippen LogP contribution in [-0.4, -0.2) is 21.9 Å². The number of amides is 1. The Labute approximate surface area is 111 Å². The lowest BCUT2D eigenvalue weighted by Gasteiger charge is -2.07. The van der Waals surface area contributed by atoms with Crippen LogP contribution >= 0.6 is 0 Å². The van der Waals surface area contributed by atoms with Gasteiger partial charge < -0.3 is 10.6 Å². The lowest BCUT2D eigenvalue weighted by Crippen LogP contribution is -2.25. The Balaban J connectivity index is 1.73. The van der Waals surface area contributed by atoms with Gasteiger partial charge in [0, 0.05) is 29.7 Å². The lowest BCUT2D eigenvalue weighted by molar-refractivity contribution is 0.0951. The fraction of sp³-hybridized carbons (Fsp3) is 0.214. The molecular weight excluding hydrogens is 240 g/mol. The van der Waals surface area contributed by atoms with Crippen LogP contribution in [0.2, 0.25) is 0 Å². The molecule has 5 heteroatoms. The molecule has 96 valence electrons. The second-order valence-corrected chi connectivity index (χ2v) is 4.54. The van der Waals surface area contributed by atoms with Crippen molar-refractivity contribution in [3.8, 4) is 0 Å². The minimum absolute atomic E-state index is 0.0229. The van der Waals surface area contributed by atoms with Crippen molar-refractivity contribution in [2.45, 2.75) is 18.9 Å². The number of carbonyl (C=O) groups excluding carboxylic acids is 1. The van der Waals surface area contributed by atoms with Crippen LogP contribution in [-0.2, 0) is 0 Å². The van der Waals surface area contributed by atoms with Crippen molar-refractivity contribution in [2.75, 3.05) is 5.32 Å². The minimum atomic E-state index is -0.0229. The van der Waals surface area contributed by atoms with Crippen molar-refractivity contribution < 1.29 is 4.79 Å². The molecule has 1 saturated carbocycles. The molecule has 1 heterocycles. The molecule has 1 amide bonds. The van der Waals surface area contributed by atoms with E-state index in [1.54, 1.807) is 24.7 Å². The van der Waals surface area contributed by atoms with Crippen LogP contribution in [0.1, 0.15) is 23.2 Å². The Morgan fingerprint density at radius 1 is 1.26 bits per heavy atom. The van der Waals surface area contributed by atoms with Gasteiger partial charge in [-0.2, -0.15) is 0 Å². The molecule has 3 rings (SSSR count). The van der Waals surface area contributed by atoms with E-state index >= 15 is 0 Å². The standard InChI is InChI=1S/C14H14N4O/c19-14(18-11-4-5-11)10-2-1-3-12(8-10)17-13-9-15-6-7-16-13/h1-3,6-9,11H,4-5H2,(H,16,17)(H,18,19). The number of anilines is 2. The van der Waals surface area contributed by atoms with E-state index < -0.39 is 0 Å². The van der Waals surface area contributed by atoms with Gasteiger partial charge in [0.2, 0.25) is 0 Å². The molecule has 2 N–H and O–H groups in total. The zero-order valence-corrected chi connectivity index (χ0v) is 10.3. The summed E-state index contributed by atoms with van der Waals surface area (Å²) in [4.78, 5) is 20.0. The van der Waals surface area contributed by atoms with E-state index in [0.29, 0.717) is 17.4 Å². The predicted octanol–water partition coefficient (Wildman–Crippen LogP) is 2.11. The maximum absolute atomic E-state index is 11.9. The third-order valence-corrected chi connectivity index (χ3v) is 2.87. The first-order valence-corrected chi connectivity index (χ1v) is 6.25. The average molecular weight is 254 g/mol. The number of aromatic nitrogens is 2. The number of nitrogens with one attached hydrogen (secondary N) is 2. The van der Waals surface area contributed by atoms with E-state index in [1.165, 1.54) is 0 Å². The van der Waals surface area contributed by atoms with Crippen molar-refractivity contribution in [2.24, 2.45) is 0 Å². The number of hydrogen-bond acceptors (Lipinski definition) is 4. The van der Waals surface area contributed by atoms with Crippen LogP contribution in [0.5, 0.6) is 0 Å². The molecule has 5 nitrogen and oxygen atoms in total. The monoisotopic (exact) mass is 254 g/mol. The highest BCUT2D eigenvalue weighted by Crippen LogP contribution is 2.20. The summed E-state index contributed by atoms with van der Waals surface area (Å²) >= 11 is 0. The van der Waals surface area contributed by atoms with Crippen molar-refractivity contribution >= 4 is 17.4 Å². The van der Waals surface area contributed by atoms with E-state index in [-0.39, 0.29) is 5.91 Å². The summed E-state index contributed by atoms with van der Waals surface area (Å²) in [5.74, 6) is 0.632. The maximum atomic E-state index is 11.9. The molecule has 0 radical (unpaired) electrons. The van der Waals surface area contributed by atoms with E-state index in [2.05, 4.69) is 20.6 Å². The summed E-state index contributed by atoms with van der Waals surface area (Å²) in [6.07, 6.45) is 7.04. The van der Waals surface area contributed by atoms with Gasteiger partial charge in [-0.05, 0) is 31.0 Å². The number of benzene rings is 1. The van der Waals surface area contributed by atoms with Gasteiger partial charge in [0.05, 0.1) is 6.20 Å². The van der Waals surface area contributed by atoms with Gasteiger partial charge in [-0.25, -0.2) is 4.98 Å². The van der Waals surface area contributed by atoms with Crippen LogP contribution in [0.15, 0.2) is 42.9 Å². The fourth-order valence-corrected chi connectivity index (χ4v) is 1.75. The maximum Gasteiger partial charge on any atom is 0.251 e.